The number of imidazole rings is 1. The molecule has 4 N–H and O–H groups in total. The lowest BCUT2D eigenvalue weighted by Crippen LogP contribution is -2.47. The number of rotatable bonds is 17. The molecule has 0 aliphatic carbocycles. The van der Waals surface area contributed by atoms with Crippen LogP contribution in [0.1, 0.15) is 60.1 Å². The lowest BCUT2D eigenvalue weighted by Gasteiger charge is -2.29. The second kappa shape index (κ2) is 15.2. The molecule has 1 saturated heterocycles. The summed E-state index contributed by atoms with van der Waals surface area (Å²) >= 11 is 0. The lowest BCUT2D eigenvalue weighted by molar-refractivity contribution is -0.202. The number of aliphatic hydroxyl groups excluding tert-OH is 1. The highest BCUT2D eigenvalue weighted by Crippen LogP contribution is 2.52. The number of alkyl halides is 2. The molecule has 0 amide bonds. The fourth-order valence-electron chi connectivity index (χ4n) is 5.09. The van der Waals surface area contributed by atoms with Crippen molar-refractivity contribution in [3.8, 4) is 11.6 Å². The molecule has 0 spiro atoms. The molecule has 3 heterocycles. The van der Waals surface area contributed by atoms with Gasteiger partial charge in [0.2, 0.25) is 11.8 Å². The zero-order chi connectivity index (χ0) is 34.4. The van der Waals surface area contributed by atoms with Crippen LogP contribution in [0.25, 0.3) is 11.2 Å². The third kappa shape index (κ3) is 8.36. The monoisotopic (exact) mass is 684 g/mol. The maximum Gasteiger partial charge on any atom is 0.323 e. The van der Waals surface area contributed by atoms with Crippen LogP contribution in [0, 0.1) is 0 Å². The molecule has 1 fully saturated rings. The number of ether oxygens (including phenoxy) is 4. The Kier molecular flexibility index (Phi) is 11.8. The Morgan fingerprint density at radius 3 is 2.55 bits per heavy atom. The van der Waals surface area contributed by atoms with Crippen LogP contribution < -0.4 is 20.3 Å². The van der Waals surface area contributed by atoms with Gasteiger partial charge in [0.05, 0.1) is 19.5 Å². The molecule has 1 aliphatic heterocycles. The van der Waals surface area contributed by atoms with Crippen molar-refractivity contribution >= 4 is 30.6 Å². The minimum absolute atomic E-state index is 0.0252. The van der Waals surface area contributed by atoms with E-state index in [1.165, 1.54) is 6.92 Å². The second-order valence-electron chi connectivity index (χ2n) is 11.4. The molecule has 2 aromatic heterocycles. The van der Waals surface area contributed by atoms with E-state index in [0.717, 1.165) is 17.8 Å². The summed E-state index contributed by atoms with van der Waals surface area (Å²) in [5.74, 6) is -3.46. The number of aliphatic hydroxyl groups is 1. The minimum atomic E-state index is -4.07. The van der Waals surface area contributed by atoms with Gasteiger partial charge in [-0.15, -0.1) is 0 Å². The number of benzene rings is 1. The van der Waals surface area contributed by atoms with Gasteiger partial charge < -0.3 is 34.3 Å². The summed E-state index contributed by atoms with van der Waals surface area (Å²) < 4.78 is 75.4. The van der Waals surface area contributed by atoms with E-state index in [2.05, 4.69) is 20.0 Å². The van der Waals surface area contributed by atoms with E-state index in [4.69, 9.17) is 29.2 Å². The number of nitrogens with zero attached hydrogens (tertiary/aromatic N) is 4. The number of nitrogen functional groups attached to an aromatic ring is 1. The van der Waals surface area contributed by atoms with Crippen molar-refractivity contribution in [2.24, 2.45) is 0 Å². The summed E-state index contributed by atoms with van der Waals surface area (Å²) in [5.41, 5.74) is 3.14. The Bertz CT molecular complexity index is 1550. The summed E-state index contributed by atoms with van der Waals surface area (Å²) in [5, 5.41) is 13.6. The van der Waals surface area contributed by atoms with Crippen molar-refractivity contribution in [2.45, 2.75) is 89.9 Å². The Morgan fingerprint density at radius 2 is 1.89 bits per heavy atom. The highest BCUT2D eigenvalue weighted by Gasteiger charge is 2.65. The van der Waals surface area contributed by atoms with E-state index < -0.39 is 50.0 Å². The van der Waals surface area contributed by atoms with Crippen LogP contribution in [0.2, 0.25) is 0 Å². The van der Waals surface area contributed by atoms with Crippen LogP contribution in [-0.4, -0.2) is 86.4 Å². The van der Waals surface area contributed by atoms with Crippen LogP contribution in [-0.2, 0) is 23.4 Å². The molecule has 0 saturated carbocycles. The third-order valence-corrected chi connectivity index (χ3v) is 9.92. The number of para-hydroxylation sites is 1. The summed E-state index contributed by atoms with van der Waals surface area (Å²) in [4.78, 5) is 25.0. The van der Waals surface area contributed by atoms with Crippen LogP contribution >= 0.6 is 7.52 Å². The maximum absolute atomic E-state index is 16.4. The van der Waals surface area contributed by atoms with Gasteiger partial charge in [0.25, 0.3) is 13.4 Å². The molecular formula is C30H43F2N6O8P. The Labute approximate surface area is 271 Å². The molecule has 4 rings (SSSR count). The Balaban J connectivity index is 1.53. The first kappa shape index (κ1) is 36.4. The lowest BCUT2D eigenvalue weighted by atomic mass is 9.97. The molecule has 1 unspecified atom stereocenters. The highest BCUT2D eigenvalue weighted by molar-refractivity contribution is 7.56. The maximum atomic E-state index is 16.4. The topological polar surface area (TPSA) is 182 Å². The van der Waals surface area contributed by atoms with E-state index in [9.17, 15) is 14.5 Å². The normalized spacial score (nSPS) is 24.7. The van der Waals surface area contributed by atoms with Crippen molar-refractivity contribution in [3.63, 3.8) is 0 Å². The van der Waals surface area contributed by atoms with Crippen LogP contribution in [0.15, 0.2) is 36.7 Å². The molecule has 6 atom stereocenters. The molecule has 0 bridgehead atoms. The molecule has 47 heavy (non-hydrogen) atoms. The van der Waals surface area contributed by atoms with Crippen LogP contribution in [0.4, 0.5) is 14.7 Å². The average Bonchev–Trinajstić information content (AvgIpc) is 3.54. The number of fused-ring (bicyclic) bond motifs is 1. The number of esters is 1. The summed E-state index contributed by atoms with van der Waals surface area (Å²) in [6.07, 6.45) is -2.28. The van der Waals surface area contributed by atoms with Gasteiger partial charge in [0.15, 0.2) is 29.2 Å². The third-order valence-electron chi connectivity index (χ3n) is 7.69. The van der Waals surface area contributed by atoms with Crippen LogP contribution in [0.5, 0.6) is 11.6 Å². The SMILES string of the molecule is CCOc1nc(N)nc2c1ncn2[C@@H]1O[C@](F)(COP(=O)(CCCOc2ccccc2)N[C@@H](C)C(=O)OC(CC)CC)[C@@H](O)[C@@]1(C)F. The van der Waals surface area contributed by atoms with Gasteiger partial charge in [-0.3, -0.25) is 13.9 Å². The van der Waals surface area contributed by atoms with Crippen molar-refractivity contribution in [3.05, 3.63) is 36.7 Å². The number of aromatic nitrogens is 4. The largest absolute Gasteiger partial charge is 0.494 e. The quantitative estimate of drug-likeness (QED) is 0.103. The zero-order valence-electron chi connectivity index (χ0n) is 27.1. The van der Waals surface area contributed by atoms with Gasteiger partial charge >= 0.3 is 5.97 Å². The van der Waals surface area contributed by atoms with E-state index in [1.54, 1.807) is 31.2 Å². The molecule has 17 heteroatoms. The number of hydrogen-bond donors (Lipinski definition) is 3. The number of carbonyl (C=O) groups is 1. The minimum Gasteiger partial charge on any atom is -0.494 e. The fraction of sp³-hybridized carbons (Fsp3) is 0.600. The smallest absolute Gasteiger partial charge is 0.323 e. The summed E-state index contributed by atoms with van der Waals surface area (Å²) in [7, 11) is -4.07. The first-order valence-electron chi connectivity index (χ1n) is 15.5. The molecule has 3 aromatic rings. The predicted octanol–water partition coefficient (Wildman–Crippen LogP) is 4.48. The van der Waals surface area contributed by atoms with E-state index in [0.29, 0.717) is 18.6 Å². The number of carbonyl (C=O) groups excluding carboxylic acids is 1. The number of anilines is 1. The van der Waals surface area contributed by atoms with E-state index in [-0.39, 0.29) is 54.9 Å². The first-order chi connectivity index (χ1) is 22.3. The molecule has 1 aromatic carbocycles. The number of nitrogens with two attached hydrogens (primary N) is 1. The van der Waals surface area contributed by atoms with Gasteiger partial charge in [-0.1, -0.05) is 32.0 Å². The average molecular weight is 685 g/mol. The van der Waals surface area contributed by atoms with Crippen molar-refractivity contribution < 1.29 is 46.7 Å². The standard InChI is InChI=1S/C30H43F2N6O8P/c1-6-20(7-2)45-25(39)19(4)37-47(41,16-12-15-43-21-13-10-9-11-14-21)44-17-30(32)26(40)29(5,31)27(46-30)38-18-34-22-23(38)35-28(33)36-24(22)42-8-3/h9-11,13-14,18-20,26-27,40H,6-8,12,15-17H2,1-5H3,(H,37,41)(H2,33,35,36)/t19-,26-,27+,29+,30+,47?/m0/s1. The Hall–Kier alpha value is -3.43. The van der Waals surface area contributed by atoms with Crippen molar-refractivity contribution in [1.82, 2.24) is 24.6 Å². The zero-order valence-corrected chi connectivity index (χ0v) is 28.0. The van der Waals surface area contributed by atoms with Gasteiger partial charge in [0, 0.05) is 6.16 Å². The van der Waals surface area contributed by atoms with Crippen molar-refractivity contribution in [1.29, 1.82) is 0 Å². The van der Waals surface area contributed by atoms with Gasteiger partial charge in [0.1, 0.15) is 24.5 Å². The summed E-state index contributed by atoms with van der Waals surface area (Å²) in [6, 6.07) is 7.82. The van der Waals surface area contributed by atoms with Crippen molar-refractivity contribution in [2.75, 3.05) is 31.7 Å². The number of nitrogens with one attached hydrogen (secondary N) is 1. The molecule has 0 radical (unpaired) electrons. The second-order valence-corrected chi connectivity index (χ2v) is 13.7. The summed E-state index contributed by atoms with van der Waals surface area (Å²) in [6.45, 7) is 7.03. The van der Waals surface area contributed by atoms with Crippen LogP contribution in [0.3, 0.4) is 0 Å². The van der Waals surface area contributed by atoms with E-state index in [1.807, 2.05) is 19.9 Å². The highest BCUT2D eigenvalue weighted by atomic mass is 31.2. The van der Waals surface area contributed by atoms with E-state index >= 15 is 8.78 Å². The van der Waals surface area contributed by atoms with Gasteiger partial charge in [-0.2, -0.15) is 9.97 Å². The Morgan fingerprint density at radius 1 is 1.19 bits per heavy atom. The molecular weight excluding hydrogens is 641 g/mol. The fourth-order valence-corrected chi connectivity index (χ4v) is 7.04. The first-order valence-corrected chi connectivity index (χ1v) is 17.3. The number of halogens is 2. The predicted molar refractivity (Wildman–Crippen MR) is 168 cm³/mol. The van der Waals surface area contributed by atoms with Gasteiger partial charge in [-0.25, -0.2) is 18.9 Å². The molecule has 14 nitrogen and oxygen atoms in total. The molecule has 1 aliphatic rings. The number of hydrogen-bond acceptors (Lipinski definition) is 12. The molecule has 260 valence electrons. The van der Waals surface area contributed by atoms with Gasteiger partial charge in [-0.05, 0) is 52.2 Å².